The van der Waals surface area contributed by atoms with Crippen molar-refractivity contribution in [2.24, 2.45) is 5.92 Å². The third-order valence-corrected chi connectivity index (χ3v) is 6.54. The van der Waals surface area contributed by atoms with Gasteiger partial charge in [-0.25, -0.2) is 14.4 Å². The lowest BCUT2D eigenvalue weighted by molar-refractivity contribution is 0.00773. The van der Waals surface area contributed by atoms with Crippen molar-refractivity contribution in [2.45, 2.75) is 33.2 Å². The number of carbonyl (C=O) groups excluding carboxylic acids is 1. The van der Waals surface area contributed by atoms with Crippen LogP contribution >= 0.6 is 0 Å². The highest BCUT2D eigenvalue weighted by atomic mass is 19.1. The van der Waals surface area contributed by atoms with Crippen LogP contribution in [-0.2, 0) is 0 Å². The summed E-state index contributed by atoms with van der Waals surface area (Å²) in [6, 6.07) is 7.80. The second-order valence-electron chi connectivity index (χ2n) is 8.50. The van der Waals surface area contributed by atoms with Crippen LogP contribution in [0.1, 0.15) is 35.2 Å². The average molecular weight is 423 g/mol. The molecule has 1 amide bonds. The topological polar surface area (TPSA) is 78.0 Å². The highest BCUT2D eigenvalue weighted by molar-refractivity contribution is 6.01. The maximum Gasteiger partial charge on any atom is 0.254 e. The minimum atomic E-state index is -0.357. The summed E-state index contributed by atoms with van der Waals surface area (Å²) in [5.74, 6) is 0.694. The number of hydrogen-bond donors (Lipinski definition) is 1. The van der Waals surface area contributed by atoms with Gasteiger partial charge in [0.1, 0.15) is 0 Å². The quantitative estimate of drug-likeness (QED) is 0.699. The summed E-state index contributed by atoms with van der Waals surface area (Å²) in [5, 5.41) is 7.04. The van der Waals surface area contributed by atoms with Crippen molar-refractivity contribution < 1.29 is 10.6 Å². The number of H-pyrrole nitrogens is 1. The number of aromatic nitrogens is 4. The summed E-state index contributed by atoms with van der Waals surface area (Å²) >= 11 is 0. The van der Waals surface area contributed by atoms with Crippen LogP contribution in [0.4, 0.5) is 10.3 Å². The van der Waals surface area contributed by atoms with Gasteiger partial charge < -0.3 is 9.80 Å². The summed E-state index contributed by atoms with van der Waals surface area (Å²) in [4.78, 5) is 26.3. The fourth-order valence-electron chi connectivity index (χ4n) is 4.79. The highest BCUT2D eigenvalue weighted by Crippen LogP contribution is 2.36. The van der Waals surface area contributed by atoms with Gasteiger partial charge >= 0.3 is 0 Å². The number of aryl methyl sites for hydroxylation is 3. The number of nitrogens with one attached hydrogen (secondary N) is 1. The molecule has 0 aliphatic carbocycles. The minimum absolute atomic E-state index is 0. The largest absolute Gasteiger partial charge is 0.339 e. The van der Waals surface area contributed by atoms with Crippen LogP contribution in [0.2, 0.25) is 0 Å². The first-order valence-electron chi connectivity index (χ1n) is 10.6. The van der Waals surface area contributed by atoms with Crippen LogP contribution in [-0.4, -0.2) is 56.6 Å². The summed E-state index contributed by atoms with van der Waals surface area (Å²) in [6.07, 6.45) is 2.66. The lowest BCUT2D eigenvalue weighted by Crippen LogP contribution is -2.66. The number of likely N-dealkylation sites (tertiary alicyclic amines) is 1. The molecule has 1 N–H and O–H groups in total. The first-order chi connectivity index (χ1) is 14.9. The molecule has 0 saturated carbocycles. The Balaban J connectivity index is 0.00000245. The smallest absolute Gasteiger partial charge is 0.254 e. The lowest BCUT2D eigenvalue weighted by atomic mass is 9.81. The zero-order chi connectivity index (χ0) is 21.7. The first kappa shape index (κ1) is 19.7. The Kier molecular flexibility index (Phi) is 4.72. The van der Waals surface area contributed by atoms with E-state index in [2.05, 4.69) is 25.1 Å². The molecule has 1 aromatic carbocycles. The maximum absolute atomic E-state index is 14.0. The van der Waals surface area contributed by atoms with Crippen LogP contribution in [0.25, 0.3) is 11.3 Å². The fourth-order valence-corrected chi connectivity index (χ4v) is 4.79. The van der Waals surface area contributed by atoms with E-state index in [0.717, 1.165) is 36.3 Å². The Labute approximate surface area is 181 Å². The Morgan fingerprint density at radius 3 is 2.65 bits per heavy atom. The number of anilines is 1. The molecule has 5 rings (SSSR count). The molecule has 31 heavy (non-hydrogen) atoms. The molecule has 4 heterocycles. The Morgan fingerprint density at radius 2 is 1.94 bits per heavy atom. The fraction of sp³-hybridized carbons (Fsp3) is 0.391. The van der Waals surface area contributed by atoms with Gasteiger partial charge in [0.25, 0.3) is 5.91 Å². The van der Waals surface area contributed by atoms with Gasteiger partial charge in [-0.2, -0.15) is 5.10 Å². The van der Waals surface area contributed by atoms with Crippen molar-refractivity contribution in [3.05, 3.63) is 58.8 Å². The summed E-state index contributed by atoms with van der Waals surface area (Å²) in [7, 11) is 0. The molecule has 8 heteroatoms. The number of halogens is 1. The van der Waals surface area contributed by atoms with Gasteiger partial charge in [-0.05, 0) is 44.9 Å². The number of amides is 1. The molecule has 2 aromatic heterocycles. The number of nitrogens with zero attached hydrogens (tertiary/aromatic N) is 5. The molecule has 162 valence electrons. The van der Waals surface area contributed by atoms with Gasteiger partial charge in [-0.15, -0.1) is 0 Å². The molecule has 0 bridgehead atoms. The zero-order valence-corrected chi connectivity index (χ0v) is 17.9. The van der Waals surface area contributed by atoms with Crippen LogP contribution < -0.4 is 4.90 Å². The third kappa shape index (κ3) is 3.26. The predicted molar refractivity (Wildman–Crippen MR) is 117 cm³/mol. The number of hydrogen-bond acceptors (Lipinski definition) is 5. The van der Waals surface area contributed by atoms with Crippen molar-refractivity contribution >= 4 is 11.9 Å². The van der Waals surface area contributed by atoms with Crippen molar-refractivity contribution in [3.8, 4) is 11.3 Å². The SMILES string of the molecule is Cc1cccc(C(=O)N2C[C@H]3CCN(c4nc(C)c(F)c(C)n4)C[C@H]32)c1-c1ccn[nH]1.[HH]. The van der Waals surface area contributed by atoms with Crippen LogP contribution in [0.15, 0.2) is 30.5 Å². The second kappa shape index (κ2) is 7.44. The Bertz CT molecular complexity index is 1130. The number of rotatable bonds is 3. The van der Waals surface area contributed by atoms with Gasteiger partial charge in [0.2, 0.25) is 5.95 Å². The lowest BCUT2D eigenvalue weighted by Gasteiger charge is -2.53. The summed E-state index contributed by atoms with van der Waals surface area (Å²) < 4.78 is 14.0. The predicted octanol–water partition coefficient (Wildman–Crippen LogP) is 3.53. The minimum Gasteiger partial charge on any atom is -0.339 e. The number of fused-ring (bicyclic) bond motifs is 1. The van der Waals surface area contributed by atoms with E-state index in [1.807, 2.05) is 36.1 Å². The van der Waals surface area contributed by atoms with E-state index in [0.29, 0.717) is 35.4 Å². The number of carbonyl (C=O) groups is 1. The van der Waals surface area contributed by atoms with Gasteiger partial charge in [-0.3, -0.25) is 9.89 Å². The van der Waals surface area contributed by atoms with E-state index in [-0.39, 0.29) is 19.2 Å². The number of benzene rings is 1. The van der Waals surface area contributed by atoms with E-state index < -0.39 is 0 Å². The van der Waals surface area contributed by atoms with Gasteiger partial charge in [-0.1, -0.05) is 12.1 Å². The van der Waals surface area contributed by atoms with Crippen molar-refractivity contribution in [2.75, 3.05) is 24.5 Å². The van der Waals surface area contributed by atoms with Gasteiger partial charge in [0.15, 0.2) is 5.82 Å². The normalized spacial score (nSPS) is 20.4. The number of piperidine rings is 1. The summed E-state index contributed by atoms with van der Waals surface area (Å²) in [5.41, 5.74) is 4.17. The molecule has 3 aromatic rings. The Morgan fingerprint density at radius 1 is 1.16 bits per heavy atom. The molecule has 2 atom stereocenters. The summed E-state index contributed by atoms with van der Waals surface area (Å²) in [6.45, 7) is 7.56. The molecule has 2 aliphatic heterocycles. The second-order valence-corrected chi connectivity index (χ2v) is 8.50. The molecule has 2 aliphatic rings. The maximum atomic E-state index is 14.0. The van der Waals surface area contributed by atoms with E-state index >= 15 is 0 Å². The highest BCUT2D eigenvalue weighted by Gasteiger charge is 2.46. The molecule has 2 fully saturated rings. The van der Waals surface area contributed by atoms with Gasteiger partial charge in [0.05, 0.1) is 23.1 Å². The van der Waals surface area contributed by atoms with Crippen LogP contribution in [0.3, 0.4) is 0 Å². The molecular weight excluding hydrogens is 395 g/mol. The average Bonchev–Trinajstić information content (AvgIpc) is 3.26. The van der Waals surface area contributed by atoms with Crippen molar-refractivity contribution in [1.82, 2.24) is 25.1 Å². The monoisotopic (exact) mass is 422 g/mol. The standard InChI is InChI=1S/C23H25FN6O.H2/c1-13-5-4-6-17(20(13)18-7-9-25-28-18)22(31)30-11-16-8-10-29(12-19(16)30)23-26-14(2)21(24)15(3)27-23;/h4-7,9,16,19H,8,10-12H2,1-3H3,(H,25,28);1H/t16-,19-;/m1./s1. The molecule has 2 saturated heterocycles. The van der Waals surface area contributed by atoms with Crippen LogP contribution in [0.5, 0.6) is 0 Å². The van der Waals surface area contributed by atoms with Crippen molar-refractivity contribution in [1.29, 1.82) is 0 Å². The number of aromatic amines is 1. The molecule has 0 spiro atoms. The van der Waals surface area contributed by atoms with E-state index in [9.17, 15) is 9.18 Å². The first-order valence-corrected chi connectivity index (χ1v) is 10.6. The van der Waals surface area contributed by atoms with Gasteiger partial charge in [0, 0.05) is 44.3 Å². The van der Waals surface area contributed by atoms with E-state index in [4.69, 9.17) is 0 Å². The Hall–Kier alpha value is -3.29. The zero-order valence-electron chi connectivity index (χ0n) is 17.9. The molecule has 7 nitrogen and oxygen atoms in total. The van der Waals surface area contributed by atoms with Crippen LogP contribution in [0, 0.1) is 32.5 Å². The van der Waals surface area contributed by atoms with Crippen molar-refractivity contribution in [3.63, 3.8) is 0 Å². The molecule has 0 unspecified atom stereocenters. The molecular formula is C23H27FN6O. The van der Waals surface area contributed by atoms with E-state index in [1.165, 1.54) is 0 Å². The third-order valence-electron chi connectivity index (χ3n) is 6.54. The van der Waals surface area contributed by atoms with E-state index in [1.54, 1.807) is 20.0 Å². The molecule has 0 radical (unpaired) electrons.